The van der Waals surface area contributed by atoms with Crippen molar-refractivity contribution in [1.82, 2.24) is 4.31 Å². The van der Waals surface area contributed by atoms with E-state index in [9.17, 15) is 18.3 Å². The Morgan fingerprint density at radius 2 is 1.86 bits per heavy atom. The van der Waals surface area contributed by atoms with E-state index in [1.807, 2.05) is 0 Å². The third-order valence-corrected chi connectivity index (χ3v) is 6.27. The summed E-state index contributed by atoms with van der Waals surface area (Å²) in [5.74, 6) is -0.967. The number of hydrogen-bond acceptors (Lipinski definition) is 3. The minimum absolute atomic E-state index is 0.149. The van der Waals surface area contributed by atoms with Gasteiger partial charge in [0.15, 0.2) is 0 Å². The maximum Gasteiger partial charge on any atom is 0.353 e. The van der Waals surface area contributed by atoms with Gasteiger partial charge in [0.1, 0.15) is 5.70 Å². The fourth-order valence-electron chi connectivity index (χ4n) is 3.27. The first-order valence-electron chi connectivity index (χ1n) is 7.57. The highest BCUT2D eigenvalue weighted by Gasteiger charge is 2.36. The quantitative estimate of drug-likeness (QED) is 0.929. The van der Waals surface area contributed by atoms with Crippen LogP contribution in [0.5, 0.6) is 0 Å². The van der Waals surface area contributed by atoms with Crippen LogP contribution in [0.3, 0.4) is 0 Å². The summed E-state index contributed by atoms with van der Waals surface area (Å²) in [6, 6.07) is 6.54. The van der Waals surface area contributed by atoms with Gasteiger partial charge in [-0.1, -0.05) is 37.5 Å². The zero-order chi connectivity index (χ0) is 15.7. The number of carbonyl (C=O) groups is 1. The van der Waals surface area contributed by atoms with Crippen LogP contribution in [0.15, 0.2) is 34.9 Å². The van der Waals surface area contributed by atoms with E-state index in [1.54, 1.807) is 18.2 Å². The molecule has 1 N–H and O–H groups in total. The molecule has 1 aromatic carbocycles. The van der Waals surface area contributed by atoms with Gasteiger partial charge in [0.25, 0.3) is 10.0 Å². The fourth-order valence-corrected chi connectivity index (χ4v) is 4.98. The summed E-state index contributed by atoms with van der Waals surface area (Å²) in [6.07, 6.45) is 6.72. The molecule has 1 saturated carbocycles. The maximum atomic E-state index is 12.8. The Kier molecular flexibility index (Phi) is 3.95. The predicted octanol–water partition coefficient (Wildman–Crippen LogP) is 2.70. The maximum absolute atomic E-state index is 12.8. The topological polar surface area (TPSA) is 74.7 Å². The summed E-state index contributed by atoms with van der Waals surface area (Å²) in [5, 5.41) is 9.42. The number of carboxylic acids is 1. The van der Waals surface area contributed by atoms with E-state index in [-0.39, 0.29) is 23.1 Å². The van der Waals surface area contributed by atoms with Crippen molar-refractivity contribution in [1.29, 1.82) is 0 Å². The van der Waals surface area contributed by atoms with E-state index in [0.717, 1.165) is 30.0 Å². The summed E-state index contributed by atoms with van der Waals surface area (Å²) in [4.78, 5) is 11.7. The first-order valence-corrected chi connectivity index (χ1v) is 9.01. The molecule has 1 aromatic rings. The Labute approximate surface area is 130 Å². The molecular formula is C16H19NO4S. The van der Waals surface area contributed by atoms with Gasteiger partial charge in [-0.3, -0.25) is 4.31 Å². The number of rotatable bonds is 3. The van der Waals surface area contributed by atoms with Crippen LogP contribution >= 0.6 is 0 Å². The largest absolute Gasteiger partial charge is 0.477 e. The average molecular weight is 321 g/mol. The molecule has 0 atom stereocenters. The molecule has 0 unspecified atom stereocenters. The van der Waals surface area contributed by atoms with Crippen molar-refractivity contribution in [3.63, 3.8) is 0 Å². The highest BCUT2D eigenvalue weighted by molar-refractivity contribution is 7.89. The van der Waals surface area contributed by atoms with Gasteiger partial charge in [0.05, 0.1) is 4.90 Å². The van der Waals surface area contributed by atoms with Gasteiger partial charge >= 0.3 is 5.97 Å². The Bertz CT molecular complexity index is 717. The fraction of sp³-hybridized carbons (Fsp3) is 0.438. The SMILES string of the molecule is O=C(O)C1=Cc2ccccc2S(=O)(=O)N1CC1CCCCC1. The predicted molar refractivity (Wildman–Crippen MR) is 82.5 cm³/mol. The molecule has 0 spiro atoms. The normalized spacial score (nSPS) is 21.1. The minimum Gasteiger partial charge on any atom is -0.477 e. The van der Waals surface area contributed by atoms with E-state index < -0.39 is 16.0 Å². The molecule has 0 bridgehead atoms. The number of carboxylic acid groups (broad SMARTS) is 1. The number of hydrogen-bond donors (Lipinski definition) is 1. The van der Waals surface area contributed by atoms with Crippen LogP contribution in [0.4, 0.5) is 0 Å². The number of fused-ring (bicyclic) bond motifs is 1. The first-order chi connectivity index (χ1) is 10.5. The summed E-state index contributed by atoms with van der Waals surface area (Å²) < 4.78 is 26.7. The molecule has 0 aromatic heterocycles. The number of benzene rings is 1. The second kappa shape index (κ2) is 5.76. The number of aliphatic carboxylic acids is 1. The molecule has 22 heavy (non-hydrogen) atoms. The van der Waals surface area contributed by atoms with Crippen LogP contribution in [0.25, 0.3) is 6.08 Å². The molecule has 0 amide bonds. The summed E-state index contributed by atoms with van der Waals surface area (Å²) in [7, 11) is -3.79. The zero-order valence-corrected chi connectivity index (χ0v) is 13.1. The summed E-state index contributed by atoms with van der Waals surface area (Å²) >= 11 is 0. The number of nitrogens with zero attached hydrogens (tertiary/aromatic N) is 1. The van der Waals surface area contributed by atoms with E-state index in [1.165, 1.54) is 18.6 Å². The molecule has 1 aliphatic heterocycles. The molecule has 1 fully saturated rings. The zero-order valence-electron chi connectivity index (χ0n) is 12.2. The lowest BCUT2D eigenvalue weighted by atomic mass is 9.89. The summed E-state index contributed by atoms with van der Waals surface area (Å²) in [6.45, 7) is 0.259. The van der Waals surface area contributed by atoms with Crippen LogP contribution in [0.1, 0.15) is 37.7 Å². The third kappa shape index (κ3) is 2.63. The van der Waals surface area contributed by atoms with Crippen molar-refractivity contribution in [2.45, 2.75) is 37.0 Å². The molecule has 2 aliphatic rings. The Hall–Kier alpha value is -1.82. The molecule has 0 radical (unpaired) electrons. The van der Waals surface area contributed by atoms with Crippen LogP contribution in [-0.2, 0) is 14.8 Å². The van der Waals surface area contributed by atoms with Crippen LogP contribution in [0.2, 0.25) is 0 Å². The lowest BCUT2D eigenvalue weighted by molar-refractivity contribution is -0.133. The number of sulfonamides is 1. The van der Waals surface area contributed by atoms with Crippen molar-refractivity contribution in [3.8, 4) is 0 Å². The average Bonchev–Trinajstić information content (AvgIpc) is 2.51. The van der Waals surface area contributed by atoms with Gasteiger partial charge in [-0.05, 0) is 36.5 Å². The van der Waals surface area contributed by atoms with Crippen LogP contribution < -0.4 is 0 Å². The second-order valence-electron chi connectivity index (χ2n) is 5.91. The van der Waals surface area contributed by atoms with Crippen LogP contribution in [-0.4, -0.2) is 30.3 Å². The lowest BCUT2D eigenvalue weighted by Gasteiger charge is -2.33. The molecule has 0 saturated heterocycles. The van der Waals surface area contributed by atoms with E-state index in [4.69, 9.17) is 0 Å². The monoisotopic (exact) mass is 321 g/mol. The molecule has 118 valence electrons. The van der Waals surface area contributed by atoms with Gasteiger partial charge in [-0.2, -0.15) is 0 Å². The Morgan fingerprint density at radius 3 is 2.55 bits per heavy atom. The second-order valence-corrected chi connectivity index (χ2v) is 7.74. The molecule has 3 rings (SSSR count). The van der Waals surface area contributed by atoms with Gasteiger partial charge in [0, 0.05) is 6.54 Å². The van der Waals surface area contributed by atoms with E-state index in [0.29, 0.717) is 5.56 Å². The van der Waals surface area contributed by atoms with E-state index >= 15 is 0 Å². The molecule has 1 aliphatic carbocycles. The van der Waals surface area contributed by atoms with Crippen molar-refractivity contribution >= 4 is 22.1 Å². The summed E-state index contributed by atoms with van der Waals surface area (Å²) in [5.41, 5.74) is 0.295. The van der Waals surface area contributed by atoms with Gasteiger partial charge in [0.2, 0.25) is 0 Å². The van der Waals surface area contributed by atoms with E-state index in [2.05, 4.69) is 0 Å². The first kappa shape index (κ1) is 15.1. The van der Waals surface area contributed by atoms with Crippen molar-refractivity contribution in [3.05, 3.63) is 35.5 Å². The standard InChI is InChI=1S/C16H19NO4S/c18-16(19)14-10-13-8-4-5-9-15(13)22(20,21)17(14)11-12-6-2-1-3-7-12/h4-5,8-10,12H,1-3,6-7,11H2,(H,18,19). The van der Waals surface area contributed by atoms with Gasteiger partial charge in [-0.25, -0.2) is 13.2 Å². The molecule has 1 heterocycles. The van der Waals surface area contributed by atoms with Crippen molar-refractivity contribution in [2.24, 2.45) is 5.92 Å². The Morgan fingerprint density at radius 1 is 1.18 bits per heavy atom. The van der Waals surface area contributed by atoms with Crippen molar-refractivity contribution in [2.75, 3.05) is 6.54 Å². The molecular weight excluding hydrogens is 302 g/mol. The highest BCUT2D eigenvalue weighted by atomic mass is 32.2. The highest BCUT2D eigenvalue weighted by Crippen LogP contribution is 2.34. The third-order valence-electron chi connectivity index (χ3n) is 4.42. The molecule has 6 heteroatoms. The molecule has 5 nitrogen and oxygen atoms in total. The lowest BCUT2D eigenvalue weighted by Crippen LogP contribution is -2.39. The van der Waals surface area contributed by atoms with Crippen LogP contribution in [0, 0.1) is 5.92 Å². The minimum atomic E-state index is -3.79. The van der Waals surface area contributed by atoms with Gasteiger partial charge in [-0.15, -0.1) is 0 Å². The Balaban J connectivity index is 2.01. The van der Waals surface area contributed by atoms with Gasteiger partial charge < -0.3 is 5.11 Å². The smallest absolute Gasteiger partial charge is 0.353 e. The van der Waals surface area contributed by atoms with Crippen molar-refractivity contribution < 1.29 is 18.3 Å².